The Labute approximate surface area is 249 Å². The number of aryl methyl sites for hydroxylation is 2. The molecule has 1 aromatic carbocycles. The standard InChI is InChI=1S/C32H37N5O4S/c1-4-40-23-10-8-22(9-11-23)25(35-31(39)26-6-5-17-41-26)19-28(38)36-13-15-37(16-14-36)30-29-24-12-7-20(2)18-27(24)42-32(29)34-21(3)33-30/h5-6,8-11,17,20,25H,4,7,12-16,18-19H2,1-3H3,(H,35,39)/t20-,25-/m0/s1. The molecule has 2 aliphatic rings. The number of amides is 2. The van der Waals surface area contributed by atoms with E-state index in [9.17, 15) is 9.59 Å². The van der Waals surface area contributed by atoms with E-state index in [-0.39, 0.29) is 24.0 Å². The Morgan fingerprint density at radius 2 is 1.93 bits per heavy atom. The molecule has 1 aliphatic carbocycles. The van der Waals surface area contributed by atoms with Crippen LogP contribution in [-0.2, 0) is 17.6 Å². The van der Waals surface area contributed by atoms with Gasteiger partial charge in [-0.05, 0) is 74.4 Å². The van der Waals surface area contributed by atoms with Gasteiger partial charge in [0, 0.05) is 31.1 Å². The summed E-state index contributed by atoms with van der Waals surface area (Å²) < 4.78 is 10.9. The molecule has 1 saturated heterocycles. The first-order valence-electron chi connectivity index (χ1n) is 14.8. The second kappa shape index (κ2) is 12.1. The maximum Gasteiger partial charge on any atom is 0.287 e. The Bertz CT molecular complexity index is 1560. The number of nitrogens with zero attached hydrogens (tertiary/aromatic N) is 4. The first kappa shape index (κ1) is 28.2. The lowest BCUT2D eigenvalue weighted by Gasteiger charge is -2.36. The molecule has 0 saturated carbocycles. The van der Waals surface area contributed by atoms with Crippen LogP contribution in [0.25, 0.3) is 10.2 Å². The van der Waals surface area contributed by atoms with E-state index in [2.05, 4.69) is 17.1 Å². The predicted octanol–water partition coefficient (Wildman–Crippen LogP) is 5.33. The Hall–Kier alpha value is -3.92. The number of aromatic nitrogens is 2. The first-order chi connectivity index (χ1) is 20.4. The van der Waals surface area contributed by atoms with E-state index in [1.165, 1.54) is 28.5 Å². The number of rotatable bonds is 8. The number of ether oxygens (including phenoxy) is 1. The predicted molar refractivity (Wildman–Crippen MR) is 163 cm³/mol. The summed E-state index contributed by atoms with van der Waals surface area (Å²) in [5.74, 6) is 3.10. The SMILES string of the molecule is CCOc1ccc([C@H](CC(=O)N2CCN(c3nc(C)nc4sc5c(c34)CC[C@H](C)C5)CC2)NC(=O)c2ccco2)cc1. The third-order valence-corrected chi connectivity index (χ3v) is 9.35. The maximum atomic E-state index is 13.6. The molecule has 4 aromatic rings. The fourth-order valence-corrected chi connectivity index (χ4v) is 7.40. The molecular weight excluding hydrogens is 550 g/mol. The average molecular weight is 588 g/mol. The summed E-state index contributed by atoms with van der Waals surface area (Å²) in [6.07, 6.45) is 4.99. The number of hydrogen-bond donors (Lipinski definition) is 1. The van der Waals surface area contributed by atoms with Crippen molar-refractivity contribution < 1.29 is 18.7 Å². The Balaban J connectivity index is 1.16. The number of carbonyl (C=O) groups is 2. The monoisotopic (exact) mass is 587 g/mol. The molecule has 4 heterocycles. The number of piperazine rings is 1. The molecule has 220 valence electrons. The second-order valence-corrected chi connectivity index (χ2v) is 12.3. The van der Waals surface area contributed by atoms with Crippen molar-refractivity contribution in [2.75, 3.05) is 37.7 Å². The van der Waals surface area contributed by atoms with Crippen LogP contribution in [0, 0.1) is 12.8 Å². The van der Waals surface area contributed by atoms with Crippen LogP contribution in [0.5, 0.6) is 5.75 Å². The molecule has 1 fully saturated rings. The first-order valence-corrected chi connectivity index (χ1v) is 15.6. The number of nitrogens with one attached hydrogen (secondary N) is 1. The smallest absolute Gasteiger partial charge is 0.287 e. The lowest BCUT2D eigenvalue weighted by Crippen LogP contribution is -2.49. The zero-order valence-corrected chi connectivity index (χ0v) is 25.2. The summed E-state index contributed by atoms with van der Waals surface area (Å²) in [5, 5.41) is 4.21. The van der Waals surface area contributed by atoms with E-state index in [1.54, 1.807) is 12.1 Å². The highest BCUT2D eigenvalue weighted by atomic mass is 32.1. The number of anilines is 1. The minimum atomic E-state index is -0.507. The van der Waals surface area contributed by atoms with Crippen LogP contribution in [0.15, 0.2) is 47.1 Å². The number of furan rings is 1. The van der Waals surface area contributed by atoms with Gasteiger partial charge in [0.05, 0.1) is 30.7 Å². The number of fused-ring (bicyclic) bond motifs is 3. The Morgan fingerprint density at radius 3 is 2.64 bits per heavy atom. The van der Waals surface area contributed by atoms with Gasteiger partial charge in [0.2, 0.25) is 5.91 Å². The lowest BCUT2D eigenvalue weighted by molar-refractivity contribution is -0.132. The van der Waals surface area contributed by atoms with E-state index in [1.807, 2.05) is 54.3 Å². The summed E-state index contributed by atoms with van der Waals surface area (Å²) in [5.41, 5.74) is 2.26. The van der Waals surface area contributed by atoms with Crippen LogP contribution in [-0.4, -0.2) is 59.5 Å². The lowest BCUT2D eigenvalue weighted by atomic mass is 9.89. The van der Waals surface area contributed by atoms with Crippen molar-refractivity contribution in [3.63, 3.8) is 0 Å². The highest BCUT2D eigenvalue weighted by molar-refractivity contribution is 7.19. The van der Waals surface area contributed by atoms with Gasteiger partial charge in [0.25, 0.3) is 5.91 Å². The number of carbonyl (C=O) groups excluding carboxylic acids is 2. The molecule has 2 amide bonds. The molecule has 9 nitrogen and oxygen atoms in total. The van der Waals surface area contributed by atoms with Crippen molar-refractivity contribution >= 4 is 39.2 Å². The van der Waals surface area contributed by atoms with E-state index in [0.717, 1.165) is 40.6 Å². The Kier molecular flexibility index (Phi) is 8.15. The van der Waals surface area contributed by atoms with E-state index in [4.69, 9.17) is 19.1 Å². The van der Waals surface area contributed by atoms with E-state index >= 15 is 0 Å². The fraction of sp³-hybridized carbons (Fsp3) is 0.438. The summed E-state index contributed by atoms with van der Waals surface area (Å²) in [7, 11) is 0. The molecule has 0 radical (unpaired) electrons. The molecule has 0 unspecified atom stereocenters. The van der Waals surface area contributed by atoms with Crippen molar-refractivity contribution in [3.8, 4) is 5.75 Å². The summed E-state index contributed by atoms with van der Waals surface area (Å²) in [4.78, 5) is 42.9. The van der Waals surface area contributed by atoms with Crippen LogP contribution in [0.4, 0.5) is 5.82 Å². The van der Waals surface area contributed by atoms with Crippen molar-refractivity contribution in [2.45, 2.75) is 52.5 Å². The van der Waals surface area contributed by atoms with E-state index < -0.39 is 6.04 Å². The maximum absolute atomic E-state index is 13.6. The van der Waals surface area contributed by atoms with Crippen LogP contribution >= 0.6 is 11.3 Å². The molecule has 3 aromatic heterocycles. The molecular formula is C32H37N5O4S. The third-order valence-electron chi connectivity index (χ3n) is 8.20. The highest BCUT2D eigenvalue weighted by Gasteiger charge is 2.30. The van der Waals surface area contributed by atoms with Crippen LogP contribution < -0.4 is 15.0 Å². The van der Waals surface area contributed by atoms with Gasteiger partial charge in [-0.15, -0.1) is 11.3 Å². The van der Waals surface area contributed by atoms with Crippen molar-refractivity contribution in [2.24, 2.45) is 5.92 Å². The van der Waals surface area contributed by atoms with Crippen molar-refractivity contribution in [3.05, 3.63) is 70.3 Å². The quantitative estimate of drug-likeness (QED) is 0.298. The molecule has 0 bridgehead atoms. The fourth-order valence-electron chi connectivity index (χ4n) is 5.98. The molecule has 1 N–H and O–H groups in total. The minimum Gasteiger partial charge on any atom is -0.494 e. The number of benzene rings is 1. The second-order valence-electron chi connectivity index (χ2n) is 11.2. The Morgan fingerprint density at radius 1 is 1.14 bits per heavy atom. The zero-order valence-electron chi connectivity index (χ0n) is 24.4. The third kappa shape index (κ3) is 5.86. The summed E-state index contributed by atoms with van der Waals surface area (Å²) >= 11 is 1.82. The molecule has 1 aliphatic heterocycles. The number of thiophene rings is 1. The molecule has 0 spiro atoms. The summed E-state index contributed by atoms with van der Waals surface area (Å²) in [6.45, 7) is 9.37. The topological polar surface area (TPSA) is 101 Å². The molecule has 2 atom stereocenters. The van der Waals surface area contributed by atoms with E-state index in [0.29, 0.717) is 38.7 Å². The minimum absolute atomic E-state index is 0.000746. The molecule has 10 heteroatoms. The van der Waals surface area contributed by atoms with Crippen LogP contribution in [0.2, 0.25) is 0 Å². The van der Waals surface area contributed by atoms with Gasteiger partial charge >= 0.3 is 0 Å². The van der Waals surface area contributed by atoms with Gasteiger partial charge < -0.3 is 24.3 Å². The van der Waals surface area contributed by atoms with Crippen molar-refractivity contribution in [1.29, 1.82) is 0 Å². The largest absolute Gasteiger partial charge is 0.494 e. The van der Waals surface area contributed by atoms with Gasteiger partial charge in [0.1, 0.15) is 22.2 Å². The van der Waals surface area contributed by atoms with Crippen molar-refractivity contribution in [1.82, 2.24) is 20.2 Å². The van der Waals surface area contributed by atoms with Gasteiger partial charge in [-0.3, -0.25) is 9.59 Å². The van der Waals surface area contributed by atoms with Crippen LogP contribution in [0.3, 0.4) is 0 Å². The highest BCUT2D eigenvalue weighted by Crippen LogP contribution is 2.41. The average Bonchev–Trinajstić information content (AvgIpc) is 3.65. The molecule has 6 rings (SSSR count). The van der Waals surface area contributed by atoms with Gasteiger partial charge in [-0.2, -0.15) is 0 Å². The van der Waals surface area contributed by atoms with Gasteiger partial charge in [-0.1, -0.05) is 19.1 Å². The zero-order chi connectivity index (χ0) is 29.2. The summed E-state index contributed by atoms with van der Waals surface area (Å²) in [6, 6.07) is 10.3. The van der Waals surface area contributed by atoms with Gasteiger partial charge in [0.15, 0.2) is 5.76 Å². The van der Waals surface area contributed by atoms with Gasteiger partial charge in [-0.25, -0.2) is 9.97 Å². The normalized spacial score (nSPS) is 17.6. The molecule has 42 heavy (non-hydrogen) atoms. The number of hydrogen-bond acceptors (Lipinski definition) is 8. The van der Waals surface area contributed by atoms with Crippen LogP contribution in [0.1, 0.15) is 65.1 Å².